The van der Waals surface area contributed by atoms with Gasteiger partial charge in [-0.1, -0.05) is 71.4 Å². The van der Waals surface area contributed by atoms with Gasteiger partial charge >= 0.3 is 5.97 Å². The number of unbranched alkanes of at least 4 members (excludes halogenated alkanes) is 4. The molecule has 4 bridgehead atoms. The molecule has 0 aromatic carbocycles. The summed E-state index contributed by atoms with van der Waals surface area (Å²) in [6.45, 7) is 9.94. The number of hydrogen-bond donors (Lipinski definition) is 1. The molecule has 4 aliphatic rings. The van der Waals surface area contributed by atoms with E-state index in [9.17, 15) is 15.2 Å². The Morgan fingerprint density at radius 2 is 2.00 bits per heavy atom. The van der Waals surface area contributed by atoms with Crippen LogP contribution in [0.3, 0.4) is 0 Å². The first-order valence-corrected chi connectivity index (χ1v) is 12.8. The molecule has 4 heteroatoms. The average Bonchev–Trinajstić information content (AvgIpc) is 3.30. The molecule has 4 aliphatic carbocycles. The SMILES string of the molecule is CCCCCCCOC[C@]12CC3C(C)CCC3[C@@]3(C#N)CC1C=C(C(C)C)[C@@]23C(=O)O. The minimum Gasteiger partial charge on any atom is -0.481 e. The molecule has 0 aliphatic heterocycles. The Bertz CT molecular complexity index is 782. The summed E-state index contributed by atoms with van der Waals surface area (Å²) in [6.07, 6.45) is 12.0. The van der Waals surface area contributed by atoms with Crippen LogP contribution in [0.5, 0.6) is 0 Å². The molecular weight excluding hydrogens is 386 g/mol. The van der Waals surface area contributed by atoms with Crippen LogP contribution in [0, 0.1) is 57.2 Å². The minimum absolute atomic E-state index is 0.137. The van der Waals surface area contributed by atoms with Crippen molar-refractivity contribution < 1.29 is 14.6 Å². The summed E-state index contributed by atoms with van der Waals surface area (Å²) in [5.41, 5.74) is -1.31. The second-order valence-corrected chi connectivity index (χ2v) is 11.4. The van der Waals surface area contributed by atoms with Crippen molar-refractivity contribution in [1.29, 1.82) is 5.26 Å². The van der Waals surface area contributed by atoms with Crippen molar-refractivity contribution in [3.8, 4) is 6.07 Å². The minimum atomic E-state index is -1.08. The fourth-order valence-electron chi connectivity index (χ4n) is 8.60. The van der Waals surface area contributed by atoms with Gasteiger partial charge in [0.2, 0.25) is 0 Å². The quantitative estimate of drug-likeness (QED) is 0.332. The molecule has 0 spiro atoms. The molecule has 172 valence electrons. The molecule has 0 saturated heterocycles. The zero-order valence-corrected chi connectivity index (χ0v) is 20.0. The van der Waals surface area contributed by atoms with Crippen molar-refractivity contribution in [2.24, 2.45) is 45.8 Å². The van der Waals surface area contributed by atoms with Gasteiger partial charge < -0.3 is 9.84 Å². The Morgan fingerprint density at radius 3 is 2.65 bits per heavy atom. The van der Waals surface area contributed by atoms with E-state index in [1.165, 1.54) is 25.7 Å². The molecule has 4 unspecified atom stereocenters. The number of carboxylic acid groups (broad SMARTS) is 1. The monoisotopic (exact) mass is 427 g/mol. The van der Waals surface area contributed by atoms with Gasteiger partial charge in [-0.3, -0.25) is 4.79 Å². The van der Waals surface area contributed by atoms with Crippen LogP contribution in [-0.4, -0.2) is 24.3 Å². The molecule has 0 aromatic rings. The third kappa shape index (κ3) is 2.84. The molecular formula is C27H41NO3. The summed E-state index contributed by atoms with van der Waals surface area (Å²) in [7, 11) is 0. The second-order valence-electron chi connectivity index (χ2n) is 11.4. The van der Waals surface area contributed by atoms with E-state index in [0.29, 0.717) is 31.5 Å². The van der Waals surface area contributed by atoms with Gasteiger partial charge in [-0.15, -0.1) is 0 Å². The number of ether oxygens (including phenoxy) is 1. The largest absolute Gasteiger partial charge is 0.481 e. The molecule has 7 atom stereocenters. The Hall–Kier alpha value is -1.34. The highest BCUT2D eigenvalue weighted by Crippen LogP contribution is 2.83. The van der Waals surface area contributed by atoms with Crippen molar-refractivity contribution in [1.82, 2.24) is 0 Å². The van der Waals surface area contributed by atoms with Gasteiger partial charge in [-0.05, 0) is 55.3 Å². The van der Waals surface area contributed by atoms with E-state index in [4.69, 9.17) is 4.74 Å². The fraction of sp³-hybridized carbons (Fsp3) is 0.852. The number of nitriles is 1. The molecule has 4 rings (SSSR count). The van der Waals surface area contributed by atoms with Gasteiger partial charge in [0, 0.05) is 12.0 Å². The predicted octanol–water partition coefficient (Wildman–Crippen LogP) is 6.22. The maximum atomic E-state index is 13.3. The molecule has 1 N–H and O–H groups in total. The smallest absolute Gasteiger partial charge is 0.316 e. The Morgan fingerprint density at radius 1 is 1.26 bits per heavy atom. The van der Waals surface area contributed by atoms with Gasteiger partial charge in [0.15, 0.2) is 0 Å². The van der Waals surface area contributed by atoms with Crippen LogP contribution in [0.2, 0.25) is 0 Å². The standard InChI is InChI=1S/C27H41NO3/c1-5-6-7-8-9-12-31-17-26-15-21-19(4)10-11-22(21)25(16-28)14-20(26)13-23(18(2)3)27(25,26)24(29)30/h13,18-22H,5-12,14-15,17H2,1-4H3,(H,29,30)/t19?,20?,21?,22?,25-,26+,27-/m0/s1. The topological polar surface area (TPSA) is 70.3 Å². The highest BCUT2D eigenvalue weighted by molar-refractivity contribution is 5.85. The number of allylic oxidation sites excluding steroid dienone is 1. The van der Waals surface area contributed by atoms with E-state index in [0.717, 1.165) is 31.3 Å². The highest BCUT2D eigenvalue weighted by Gasteiger charge is 2.84. The number of rotatable bonds is 10. The zero-order chi connectivity index (χ0) is 22.4. The summed E-state index contributed by atoms with van der Waals surface area (Å²) in [5.74, 6) is 0.746. The summed E-state index contributed by atoms with van der Waals surface area (Å²) < 4.78 is 6.33. The van der Waals surface area contributed by atoms with Crippen LogP contribution in [-0.2, 0) is 9.53 Å². The molecule has 0 heterocycles. The molecule has 31 heavy (non-hydrogen) atoms. The lowest BCUT2D eigenvalue weighted by atomic mass is 9.43. The molecule has 3 saturated carbocycles. The normalized spacial score (nSPS) is 42.5. The van der Waals surface area contributed by atoms with Crippen molar-refractivity contribution in [2.45, 2.75) is 85.5 Å². The van der Waals surface area contributed by atoms with Crippen LogP contribution in [0.1, 0.15) is 85.5 Å². The first kappa shape index (κ1) is 22.8. The van der Waals surface area contributed by atoms with E-state index >= 15 is 0 Å². The summed E-state index contributed by atoms with van der Waals surface area (Å²) in [6, 6.07) is 2.71. The van der Waals surface area contributed by atoms with Crippen LogP contribution in [0.4, 0.5) is 0 Å². The van der Waals surface area contributed by atoms with E-state index in [-0.39, 0.29) is 17.8 Å². The Kier molecular flexibility index (Phi) is 6.05. The van der Waals surface area contributed by atoms with Crippen molar-refractivity contribution in [3.63, 3.8) is 0 Å². The first-order valence-electron chi connectivity index (χ1n) is 12.8. The van der Waals surface area contributed by atoms with Crippen LogP contribution < -0.4 is 0 Å². The number of hydrogen-bond acceptors (Lipinski definition) is 3. The van der Waals surface area contributed by atoms with E-state index in [1.54, 1.807) is 0 Å². The molecule has 0 radical (unpaired) electrons. The van der Waals surface area contributed by atoms with Gasteiger partial charge in [-0.25, -0.2) is 0 Å². The van der Waals surface area contributed by atoms with Crippen LogP contribution in [0.25, 0.3) is 0 Å². The fourth-order valence-corrected chi connectivity index (χ4v) is 8.60. The van der Waals surface area contributed by atoms with Crippen molar-refractivity contribution >= 4 is 5.97 Å². The number of fused-ring (bicyclic) bond motifs is 2. The molecule has 4 nitrogen and oxygen atoms in total. The first-order chi connectivity index (χ1) is 14.8. The van der Waals surface area contributed by atoms with Gasteiger partial charge in [0.1, 0.15) is 5.41 Å². The zero-order valence-electron chi connectivity index (χ0n) is 20.0. The van der Waals surface area contributed by atoms with Crippen LogP contribution in [0.15, 0.2) is 11.6 Å². The maximum Gasteiger partial charge on any atom is 0.316 e. The van der Waals surface area contributed by atoms with Gasteiger partial charge in [-0.2, -0.15) is 5.26 Å². The lowest BCUT2D eigenvalue weighted by molar-refractivity contribution is -0.179. The lowest BCUT2D eigenvalue weighted by Crippen LogP contribution is -2.62. The predicted molar refractivity (Wildman–Crippen MR) is 121 cm³/mol. The average molecular weight is 428 g/mol. The molecule has 0 aromatic heterocycles. The van der Waals surface area contributed by atoms with Crippen molar-refractivity contribution in [3.05, 3.63) is 11.6 Å². The summed E-state index contributed by atoms with van der Waals surface area (Å²) in [4.78, 5) is 13.3. The number of nitrogens with zero attached hydrogens (tertiary/aromatic N) is 1. The lowest BCUT2D eigenvalue weighted by Gasteiger charge is -2.57. The van der Waals surface area contributed by atoms with E-state index in [1.807, 2.05) is 0 Å². The van der Waals surface area contributed by atoms with Gasteiger partial charge in [0.05, 0.1) is 18.1 Å². The third-order valence-electron chi connectivity index (χ3n) is 9.79. The van der Waals surface area contributed by atoms with Crippen molar-refractivity contribution in [2.75, 3.05) is 13.2 Å². The highest BCUT2D eigenvalue weighted by atomic mass is 16.5. The Labute approximate surface area is 188 Å². The van der Waals surface area contributed by atoms with E-state index < -0.39 is 22.2 Å². The van der Waals surface area contributed by atoms with Crippen LogP contribution >= 0.6 is 0 Å². The number of aliphatic carboxylic acids is 1. The third-order valence-corrected chi connectivity index (χ3v) is 9.79. The Balaban J connectivity index is 1.69. The maximum absolute atomic E-state index is 13.3. The molecule has 3 fully saturated rings. The number of carboxylic acids is 1. The summed E-state index contributed by atoms with van der Waals surface area (Å²) >= 11 is 0. The van der Waals surface area contributed by atoms with Gasteiger partial charge in [0.25, 0.3) is 0 Å². The van der Waals surface area contributed by atoms with E-state index in [2.05, 4.69) is 39.8 Å². The molecule has 0 amide bonds. The summed E-state index contributed by atoms with van der Waals surface area (Å²) in [5, 5.41) is 21.6. The number of carbonyl (C=O) groups is 1. The second kappa shape index (κ2) is 8.22.